The fraction of sp³-hybridized carbons (Fsp3) is 0.391. The number of halogens is 2. The number of ether oxygens (including phenoxy) is 2. The monoisotopic (exact) mass is 533 g/mol. The Bertz CT molecular complexity index is 1340. The van der Waals surface area contributed by atoms with E-state index in [1.54, 1.807) is 21.0 Å². The molecular formula is C23H25F2N7O4S. The summed E-state index contributed by atoms with van der Waals surface area (Å²) >= 11 is 1.32. The molecule has 1 aliphatic heterocycles. The predicted molar refractivity (Wildman–Crippen MR) is 131 cm³/mol. The number of benzene rings is 1. The van der Waals surface area contributed by atoms with Crippen LogP contribution in [0.25, 0.3) is 0 Å². The van der Waals surface area contributed by atoms with Crippen LogP contribution in [0.4, 0.5) is 14.5 Å². The third-order valence-electron chi connectivity index (χ3n) is 5.52. The Labute approximate surface area is 215 Å². The number of hydrogen-bond donors (Lipinski definition) is 2. The number of aromatic nitrogens is 4. The second-order valence-electron chi connectivity index (χ2n) is 8.92. The van der Waals surface area contributed by atoms with Crippen LogP contribution in [0, 0.1) is 18.6 Å². The Morgan fingerprint density at radius 2 is 2.05 bits per heavy atom. The molecule has 0 aliphatic carbocycles. The molecule has 0 saturated carbocycles. The lowest BCUT2D eigenvalue weighted by atomic mass is 9.83. The first-order chi connectivity index (χ1) is 17.5. The Morgan fingerprint density at radius 3 is 2.70 bits per heavy atom. The topological polar surface area (TPSA) is 151 Å². The van der Waals surface area contributed by atoms with Gasteiger partial charge in [-0.1, -0.05) is 16.9 Å². The summed E-state index contributed by atoms with van der Waals surface area (Å²) in [7, 11) is 1.55. The van der Waals surface area contributed by atoms with Crippen LogP contribution in [0.3, 0.4) is 0 Å². The highest BCUT2D eigenvalue weighted by atomic mass is 32.2. The van der Waals surface area contributed by atoms with Gasteiger partial charge in [-0.2, -0.15) is 4.98 Å². The Balaban J connectivity index is 1.51. The molecule has 1 aromatic carbocycles. The number of carbonyl (C=O) groups is 1. The molecule has 0 unspecified atom stereocenters. The molecule has 0 bridgehead atoms. The zero-order valence-corrected chi connectivity index (χ0v) is 21.4. The van der Waals surface area contributed by atoms with Crippen molar-refractivity contribution in [3.05, 3.63) is 59.1 Å². The standard InChI is InChI=1S/C23H25F2N7O4S/c1-12-29-17(32-36-12)9-35-18-8-27-16(7-28-18)20(33)30-13-5-14(19(25)15(24)6-13)23(3)10-22(2,11-34-4)37-21(26)31-23/h5-8H,9-11H2,1-4H3,(H2,26,31)(H,30,33)/t22-,23+/m1/s1. The molecule has 3 aromatic rings. The zero-order valence-electron chi connectivity index (χ0n) is 20.5. The maximum absolute atomic E-state index is 15.0. The molecule has 4 rings (SSSR count). The number of nitrogens with zero attached hydrogens (tertiary/aromatic N) is 5. The lowest BCUT2D eigenvalue weighted by molar-refractivity contribution is 0.102. The molecular weight excluding hydrogens is 508 g/mol. The average Bonchev–Trinajstić information content (AvgIpc) is 3.24. The number of rotatable bonds is 8. The van der Waals surface area contributed by atoms with Crippen LogP contribution in [0.1, 0.15) is 48.0 Å². The van der Waals surface area contributed by atoms with Gasteiger partial charge in [-0.25, -0.2) is 18.7 Å². The fourth-order valence-electron chi connectivity index (χ4n) is 4.16. The van der Waals surface area contributed by atoms with Gasteiger partial charge in [0.1, 0.15) is 5.69 Å². The summed E-state index contributed by atoms with van der Waals surface area (Å²) in [6.45, 7) is 5.56. The lowest BCUT2D eigenvalue weighted by Crippen LogP contribution is -2.43. The van der Waals surface area contributed by atoms with Crippen molar-refractivity contribution in [1.29, 1.82) is 0 Å². The molecule has 37 heavy (non-hydrogen) atoms. The third-order valence-corrected chi connectivity index (χ3v) is 6.58. The minimum atomic E-state index is -1.19. The summed E-state index contributed by atoms with van der Waals surface area (Å²) < 4.78 is 44.7. The van der Waals surface area contributed by atoms with Crippen LogP contribution in [0.5, 0.6) is 5.88 Å². The molecule has 196 valence electrons. The van der Waals surface area contributed by atoms with Gasteiger partial charge in [-0.3, -0.25) is 9.79 Å². The smallest absolute Gasteiger partial charge is 0.275 e. The molecule has 14 heteroatoms. The van der Waals surface area contributed by atoms with E-state index < -0.39 is 27.8 Å². The number of aliphatic imine (C=N–C) groups is 1. The summed E-state index contributed by atoms with van der Waals surface area (Å²) in [4.78, 5) is 29.2. The molecule has 0 radical (unpaired) electrons. The molecule has 2 atom stereocenters. The Morgan fingerprint density at radius 1 is 1.27 bits per heavy atom. The van der Waals surface area contributed by atoms with E-state index in [1.165, 1.54) is 30.2 Å². The second kappa shape index (κ2) is 10.4. The molecule has 0 spiro atoms. The molecule has 1 aliphatic rings. The van der Waals surface area contributed by atoms with E-state index in [2.05, 4.69) is 30.4 Å². The number of thioether (sulfide) groups is 1. The number of hydrogen-bond acceptors (Lipinski definition) is 11. The van der Waals surface area contributed by atoms with Gasteiger partial charge >= 0.3 is 0 Å². The highest BCUT2D eigenvalue weighted by Crippen LogP contribution is 2.46. The van der Waals surface area contributed by atoms with Crippen LogP contribution in [0.2, 0.25) is 0 Å². The maximum atomic E-state index is 15.0. The van der Waals surface area contributed by atoms with Gasteiger partial charge in [0, 0.05) is 36.1 Å². The summed E-state index contributed by atoms with van der Waals surface area (Å²) in [6, 6.07) is 2.23. The van der Waals surface area contributed by atoms with E-state index in [-0.39, 0.29) is 34.6 Å². The van der Waals surface area contributed by atoms with Crippen molar-refractivity contribution in [2.45, 2.75) is 44.1 Å². The van der Waals surface area contributed by atoms with Crippen molar-refractivity contribution in [3.63, 3.8) is 0 Å². The number of carbonyl (C=O) groups excluding carboxylic acids is 1. The average molecular weight is 534 g/mol. The first-order valence-corrected chi connectivity index (χ1v) is 11.9. The molecule has 1 amide bonds. The SMILES string of the molecule is COC[C@@]1(C)C[C@@](C)(c2cc(NC(=O)c3cnc(OCc4noc(C)n4)cn3)cc(F)c2F)N=C(N)S1. The van der Waals surface area contributed by atoms with E-state index >= 15 is 0 Å². The summed E-state index contributed by atoms with van der Waals surface area (Å²) in [5, 5.41) is 6.46. The van der Waals surface area contributed by atoms with Gasteiger partial charge in [0.25, 0.3) is 5.91 Å². The van der Waals surface area contributed by atoms with Gasteiger partial charge < -0.3 is 25.0 Å². The van der Waals surface area contributed by atoms with Crippen molar-refractivity contribution in [2.24, 2.45) is 10.7 Å². The van der Waals surface area contributed by atoms with Crippen LogP contribution in [0.15, 0.2) is 34.0 Å². The van der Waals surface area contributed by atoms with E-state index in [9.17, 15) is 13.6 Å². The molecule has 0 saturated heterocycles. The zero-order chi connectivity index (χ0) is 26.8. The third kappa shape index (κ3) is 6.02. The molecule has 3 N–H and O–H groups in total. The molecule has 11 nitrogen and oxygen atoms in total. The highest BCUT2D eigenvalue weighted by molar-refractivity contribution is 8.15. The van der Waals surface area contributed by atoms with Crippen molar-refractivity contribution in [1.82, 2.24) is 20.1 Å². The van der Waals surface area contributed by atoms with E-state index in [0.29, 0.717) is 24.7 Å². The van der Waals surface area contributed by atoms with Crippen LogP contribution < -0.4 is 15.8 Å². The number of methoxy groups -OCH3 is 1. The minimum Gasteiger partial charge on any atom is -0.468 e. The van der Waals surface area contributed by atoms with Gasteiger partial charge in [0.15, 0.2) is 23.4 Å². The van der Waals surface area contributed by atoms with Crippen LogP contribution in [-0.2, 0) is 16.9 Å². The Kier molecular flexibility index (Phi) is 7.41. The maximum Gasteiger partial charge on any atom is 0.275 e. The molecule has 2 aromatic heterocycles. The van der Waals surface area contributed by atoms with E-state index in [1.807, 2.05) is 6.92 Å². The van der Waals surface area contributed by atoms with Crippen molar-refractivity contribution < 1.29 is 27.6 Å². The molecule has 0 fully saturated rings. The van der Waals surface area contributed by atoms with E-state index in [4.69, 9.17) is 19.7 Å². The summed E-state index contributed by atoms with van der Waals surface area (Å²) in [5.41, 5.74) is 4.76. The number of nitrogens with one attached hydrogen (secondary N) is 1. The van der Waals surface area contributed by atoms with Gasteiger partial charge in [0.2, 0.25) is 17.6 Å². The number of amides is 1. The van der Waals surface area contributed by atoms with Crippen LogP contribution >= 0.6 is 11.8 Å². The highest BCUT2D eigenvalue weighted by Gasteiger charge is 2.44. The first-order valence-electron chi connectivity index (χ1n) is 11.1. The van der Waals surface area contributed by atoms with Crippen molar-refractivity contribution in [2.75, 3.05) is 19.0 Å². The number of nitrogens with two attached hydrogens (primary N) is 1. The van der Waals surface area contributed by atoms with Crippen molar-refractivity contribution in [3.8, 4) is 5.88 Å². The lowest BCUT2D eigenvalue weighted by Gasteiger charge is -2.41. The van der Waals surface area contributed by atoms with Gasteiger partial charge in [-0.05, 0) is 26.3 Å². The van der Waals surface area contributed by atoms with E-state index in [0.717, 1.165) is 6.07 Å². The number of anilines is 1. The minimum absolute atomic E-state index is 0.00287. The number of amidine groups is 1. The normalized spacial score (nSPS) is 21.4. The molecule has 3 heterocycles. The quantitative estimate of drug-likeness (QED) is 0.441. The largest absolute Gasteiger partial charge is 0.468 e. The van der Waals surface area contributed by atoms with Crippen molar-refractivity contribution >= 4 is 28.5 Å². The first kappa shape index (κ1) is 26.4. The fourth-order valence-corrected chi connectivity index (χ4v) is 5.44. The number of aryl methyl sites for hydroxylation is 1. The van der Waals surface area contributed by atoms with Crippen LogP contribution in [-0.4, -0.2) is 49.6 Å². The predicted octanol–water partition coefficient (Wildman–Crippen LogP) is 3.35. The summed E-state index contributed by atoms with van der Waals surface area (Å²) in [6.07, 6.45) is 2.75. The Hall–Kier alpha value is -3.65. The second-order valence-corrected chi connectivity index (χ2v) is 10.5. The summed E-state index contributed by atoms with van der Waals surface area (Å²) in [5.74, 6) is -2.03. The van der Waals surface area contributed by atoms with Gasteiger partial charge in [-0.15, -0.1) is 0 Å². The van der Waals surface area contributed by atoms with Gasteiger partial charge in [0.05, 0.1) is 24.5 Å².